The Bertz CT molecular complexity index is 953. The molecule has 10 heteroatoms. The fourth-order valence-corrected chi connectivity index (χ4v) is 4.39. The molecule has 9 nitrogen and oxygen atoms in total. The van der Waals surface area contributed by atoms with E-state index < -0.39 is 0 Å². The molecule has 0 unspecified atom stereocenters. The molecule has 0 spiro atoms. The number of allylic oxidation sites excluding steroid dienone is 1. The molecular weight excluding hydrogens is 428 g/mol. The number of thioether (sulfide) groups is 1. The van der Waals surface area contributed by atoms with E-state index in [4.69, 9.17) is 4.42 Å². The van der Waals surface area contributed by atoms with E-state index in [0.29, 0.717) is 50.2 Å². The summed E-state index contributed by atoms with van der Waals surface area (Å²) in [5.74, 6) is 1.82. The zero-order valence-corrected chi connectivity index (χ0v) is 20.1. The summed E-state index contributed by atoms with van der Waals surface area (Å²) in [4.78, 5) is 28.8. The molecule has 0 aliphatic carbocycles. The Morgan fingerprint density at radius 2 is 1.97 bits per heavy atom. The van der Waals surface area contributed by atoms with Crippen molar-refractivity contribution in [1.29, 1.82) is 0 Å². The lowest BCUT2D eigenvalue weighted by Gasteiger charge is -2.34. The van der Waals surface area contributed by atoms with Crippen LogP contribution in [0.4, 0.5) is 0 Å². The van der Waals surface area contributed by atoms with Crippen molar-refractivity contribution >= 4 is 23.6 Å². The fraction of sp³-hybridized carbons (Fsp3) is 0.545. The standard InChI is InChI=1S/C22H32N6O3S/c1-6-8-28-20(17-7-13-31-16(17)2)24-25-21(28)32-15-19(30)27-11-9-26(10-12-27)14-18(29)23-22(3,4)5/h6-7,13H,1,8-12,14-15H2,2-5H3,(H,23,29). The third-order valence-electron chi connectivity index (χ3n) is 5.06. The third kappa shape index (κ3) is 6.23. The molecule has 0 aromatic carbocycles. The number of aromatic nitrogens is 3. The highest BCUT2D eigenvalue weighted by Gasteiger charge is 2.24. The van der Waals surface area contributed by atoms with Gasteiger partial charge in [0.1, 0.15) is 5.76 Å². The number of furan rings is 1. The molecule has 2 amide bonds. The molecule has 1 aliphatic rings. The van der Waals surface area contributed by atoms with E-state index in [1.54, 1.807) is 12.3 Å². The SMILES string of the molecule is C=CCn1c(SCC(=O)N2CCN(CC(=O)NC(C)(C)C)CC2)nnc1-c1ccoc1C. The number of amides is 2. The van der Waals surface area contributed by atoms with Crippen LogP contribution in [0.5, 0.6) is 0 Å². The summed E-state index contributed by atoms with van der Waals surface area (Å²) in [7, 11) is 0. The van der Waals surface area contributed by atoms with Gasteiger partial charge >= 0.3 is 0 Å². The number of aryl methyl sites for hydroxylation is 1. The molecule has 0 saturated carbocycles. The average Bonchev–Trinajstić information content (AvgIpc) is 3.31. The zero-order valence-electron chi connectivity index (χ0n) is 19.3. The Morgan fingerprint density at radius 3 is 2.56 bits per heavy atom. The predicted molar refractivity (Wildman–Crippen MR) is 124 cm³/mol. The third-order valence-corrected chi connectivity index (χ3v) is 6.01. The van der Waals surface area contributed by atoms with Gasteiger partial charge < -0.3 is 14.6 Å². The first-order valence-corrected chi connectivity index (χ1v) is 11.7. The molecule has 2 aromatic rings. The van der Waals surface area contributed by atoms with Gasteiger partial charge in [0.05, 0.1) is 24.1 Å². The minimum absolute atomic E-state index is 0.0121. The molecule has 0 bridgehead atoms. The van der Waals surface area contributed by atoms with E-state index >= 15 is 0 Å². The van der Waals surface area contributed by atoms with Crippen molar-refractivity contribution in [3.05, 3.63) is 30.7 Å². The highest BCUT2D eigenvalue weighted by Crippen LogP contribution is 2.27. The smallest absolute Gasteiger partial charge is 0.234 e. The van der Waals surface area contributed by atoms with Gasteiger partial charge in [-0.15, -0.1) is 16.8 Å². The number of rotatable bonds is 8. The number of piperazine rings is 1. The Kier molecular flexibility index (Phi) is 7.78. The van der Waals surface area contributed by atoms with Crippen LogP contribution >= 0.6 is 11.8 Å². The van der Waals surface area contributed by atoms with Crippen molar-refractivity contribution < 1.29 is 14.0 Å². The van der Waals surface area contributed by atoms with Gasteiger partial charge in [0, 0.05) is 38.3 Å². The summed E-state index contributed by atoms with van der Waals surface area (Å²) < 4.78 is 7.33. The molecule has 3 heterocycles. The molecule has 3 rings (SSSR count). The lowest BCUT2D eigenvalue weighted by Crippen LogP contribution is -2.53. The normalized spacial score (nSPS) is 15.1. The maximum Gasteiger partial charge on any atom is 0.234 e. The Hall–Kier alpha value is -2.59. The maximum atomic E-state index is 12.8. The van der Waals surface area contributed by atoms with Crippen LogP contribution in [-0.2, 0) is 16.1 Å². The zero-order chi connectivity index (χ0) is 23.3. The lowest BCUT2D eigenvalue weighted by atomic mass is 10.1. The predicted octanol–water partition coefficient (Wildman–Crippen LogP) is 2.18. The number of hydrogen-bond acceptors (Lipinski definition) is 7. The van der Waals surface area contributed by atoms with Gasteiger partial charge in [-0.25, -0.2) is 0 Å². The first-order chi connectivity index (χ1) is 15.2. The second kappa shape index (κ2) is 10.4. The van der Waals surface area contributed by atoms with E-state index in [-0.39, 0.29) is 23.1 Å². The summed E-state index contributed by atoms with van der Waals surface area (Å²) in [5, 5.41) is 12.2. The first-order valence-electron chi connectivity index (χ1n) is 10.7. The minimum Gasteiger partial charge on any atom is -0.469 e. The molecule has 1 saturated heterocycles. The molecule has 0 atom stereocenters. The van der Waals surface area contributed by atoms with Gasteiger partial charge in [0.15, 0.2) is 11.0 Å². The van der Waals surface area contributed by atoms with Gasteiger partial charge in [-0.05, 0) is 33.8 Å². The van der Waals surface area contributed by atoms with Crippen molar-refractivity contribution in [2.75, 3.05) is 38.5 Å². The summed E-state index contributed by atoms with van der Waals surface area (Å²) in [6, 6.07) is 1.86. The number of carbonyl (C=O) groups excluding carboxylic acids is 2. The number of carbonyl (C=O) groups is 2. The molecule has 1 aliphatic heterocycles. The topological polar surface area (TPSA) is 96.5 Å². The molecule has 1 fully saturated rings. The molecule has 32 heavy (non-hydrogen) atoms. The van der Waals surface area contributed by atoms with Gasteiger partial charge in [0.25, 0.3) is 0 Å². The van der Waals surface area contributed by atoms with E-state index in [9.17, 15) is 9.59 Å². The van der Waals surface area contributed by atoms with Crippen LogP contribution in [-0.4, -0.2) is 80.4 Å². The Labute approximate surface area is 193 Å². The van der Waals surface area contributed by atoms with Crippen LogP contribution in [0.1, 0.15) is 26.5 Å². The van der Waals surface area contributed by atoms with Gasteiger partial charge in [0.2, 0.25) is 11.8 Å². The summed E-state index contributed by atoms with van der Waals surface area (Å²) in [6.45, 7) is 15.1. The molecule has 174 valence electrons. The minimum atomic E-state index is -0.242. The van der Waals surface area contributed by atoms with Crippen molar-refractivity contribution in [1.82, 2.24) is 29.9 Å². The Morgan fingerprint density at radius 1 is 1.25 bits per heavy atom. The van der Waals surface area contributed by atoms with Crippen molar-refractivity contribution in [2.45, 2.75) is 44.9 Å². The van der Waals surface area contributed by atoms with Crippen LogP contribution in [0.2, 0.25) is 0 Å². The average molecular weight is 461 g/mol. The summed E-state index contributed by atoms with van der Waals surface area (Å²) >= 11 is 1.37. The van der Waals surface area contributed by atoms with Gasteiger partial charge in [-0.3, -0.25) is 19.1 Å². The van der Waals surface area contributed by atoms with Crippen LogP contribution in [0.3, 0.4) is 0 Å². The van der Waals surface area contributed by atoms with Crippen molar-refractivity contribution in [3.8, 4) is 11.4 Å². The van der Waals surface area contributed by atoms with Crippen molar-refractivity contribution in [2.24, 2.45) is 0 Å². The number of hydrogen-bond donors (Lipinski definition) is 1. The molecular formula is C22H32N6O3S. The second-order valence-corrected chi connectivity index (χ2v) is 9.78. The van der Waals surface area contributed by atoms with Crippen LogP contribution in [0.15, 0.2) is 34.6 Å². The van der Waals surface area contributed by atoms with E-state index in [0.717, 1.165) is 11.3 Å². The van der Waals surface area contributed by atoms with Crippen LogP contribution in [0.25, 0.3) is 11.4 Å². The highest BCUT2D eigenvalue weighted by atomic mass is 32.2. The first kappa shape index (κ1) is 24.1. The fourth-order valence-electron chi connectivity index (χ4n) is 3.54. The van der Waals surface area contributed by atoms with Crippen molar-refractivity contribution in [3.63, 3.8) is 0 Å². The lowest BCUT2D eigenvalue weighted by molar-refractivity contribution is -0.130. The van der Waals surface area contributed by atoms with Crippen LogP contribution in [0, 0.1) is 6.92 Å². The monoisotopic (exact) mass is 460 g/mol. The largest absolute Gasteiger partial charge is 0.469 e. The maximum absolute atomic E-state index is 12.8. The van der Waals surface area contributed by atoms with Gasteiger partial charge in [-0.2, -0.15) is 0 Å². The number of nitrogens with zero attached hydrogens (tertiary/aromatic N) is 5. The second-order valence-electron chi connectivity index (χ2n) is 8.84. The Balaban J connectivity index is 1.52. The molecule has 2 aromatic heterocycles. The van der Waals surface area contributed by atoms with Gasteiger partial charge in [-0.1, -0.05) is 17.8 Å². The number of nitrogens with one attached hydrogen (secondary N) is 1. The van der Waals surface area contributed by atoms with E-state index in [1.807, 2.05) is 43.2 Å². The quantitative estimate of drug-likeness (QED) is 0.476. The molecule has 0 radical (unpaired) electrons. The summed E-state index contributed by atoms with van der Waals surface area (Å²) in [6.07, 6.45) is 3.41. The van der Waals surface area contributed by atoms with E-state index in [1.165, 1.54) is 11.8 Å². The highest BCUT2D eigenvalue weighted by molar-refractivity contribution is 7.99. The van der Waals surface area contributed by atoms with E-state index in [2.05, 4.69) is 27.0 Å². The summed E-state index contributed by atoms with van der Waals surface area (Å²) in [5.41, 5.74) is 0.637. The molecule has 1 N–H and O–H groups in total. The van der Waals surface area contributed by atoms with Crippen LogP contribution < -0.4 is 5.32 Å².